The van der Waals surface area contributed by atoms with Crippen molar-refractivity contribution in [1.29, 1.82) is 0 Å². The standard InChI is InChI=1S/C26H24N2O5/c1-16-9-5-7-11-19(16)28-25(29)23(18-10-6-8-12-20(18)31-2)24(26(28)30)27-17-13-14-21(32-3)22(15-17)33-4/h5-15,27H,1-4H3. The van der Waals surface area contributed by atoms with Gasteiger partial charge in [0, 0.05) is 17.3 Å². The summed E-state index contributed by atoms with van der Waals surface area (Å²) in [6.07, 6.45) is 0. The minimum atomic E-state index is -0.454. The molecule has 0 spiro atoms. The third-order valence-corrected chi connectivity index (χ3v) is 5.47. The highest BCUT2D eigenvalue weighted by molar-refractivity contribution is 6.46. The second-order valence-electron chi connectivity index (χ2n) is 7.38. The summed E-state index contributed by atoms with van der Waals surface area (Å²) >= 11 is 0. The normalized spacial score (nSPS) is 13.4. The number of nitrogens with one attached hydrogen (secondary N) is 1. The largest absolute Gasteiger partial charge is 0.496 e. The van der Waals surface area contributed by atoms with Crippen LogP contribution in [0.25, 0.3) is 5.57 Å². The molecule has 4 rings (SSSR count). The number of imide groups is 1. The summed E-state index contributed by atoms with van der Waals surface area (Å²) in [6.45, 7) is 1.86. The van der Waals surface area contributed by atoms with Crippen LogP contribution in [0.15, 0.2) is 72.4 Å². The van der Waals surface area contributed by atoms with Crippen molar-refractivity contribution < 1.29 is 23.8 Å². The van der Waals surface area contributed by atoms with Crippen LogP contribution in [-0.2, 0) is 9.59 Å². The Morgan fingerprint density at radius 3 is 2.09 bits per heavy atom. The van der Waals surface area contributed by atoms with Gasteiger partial charge in [0.05, 0.1) is 32.6 Å². The van der Waals surface area contributed by atoms with E-state index in [0.717, 1.165) is 5.56 Å². The second kappa shape index (κ2) is 9.08. The lowest BCUT2D eigenvalue weighted by atomic mass is 10.0. The highest BCUT2D eigenvalue weighted by Gasteiger charge is 2.41. The van der Waals surface area contributed by atoms with Gasteiger partial charge in [-0.15, -0.1) is 0 Å². The van der Waals surface area contributed by atoms with Gasteiger partial charge in [-0.05, 0) is 36.8 Å². The average Bonchev–Trinajstić information content (AvgIpc) is 3.08. The van der Waals surface area contributed by atoms with Crippen molar-refractivity contribution in [1.82, 2.24) is 0 Å². The summed E-state index contributed by atoms with van der Waals surface area (Å²) < 4.78 is 16.2. The van der Waals surface area contributed by atoms with Crippen LogP contribution in [0.5, 0.6) is 17.2 Å². The van der Waals surface area contributed by atoms with Gasteiger partial charge in [0.25, 0.3) is 11.8 Å². The van der Waals surface area contributed by atoms with E-state index in [1.54, 1.807) is 55.6 Å². The van der Waals surface area contributed by atoms with Crippen LogP contribution in [0, 0.1) is 6.92 Å². The number of carbonyl (C=O) groups is 2. The molecule has 0 bridgehead atoms. The first-order chi connectivity index (χ1) is 16.0. The lowest BCUT2D eigenvalue weighted by Crippen LogP contribution is -2.33. The number of aryl methyl sites for hydroxylation is 1. The summed E-state index contributed by atoms with van der Waals surface area (Å²) in [5, 5.41) is 3.14. The van der Waals surface area contributed by atoms with Crippen molar-refractivity contribution in [2.75, 3.05) is 31.5 Å². The number of nitrogens with zero attached hydrogens (tertiary/aromatic N) is 1. The van der Waals surface area contributed by atoms with Crippen LogP contribution < -0.4 is 24.4 Å². The first kappa shape index (κ1) is 22.0. The number of benzene rings is 3. The maximum atomic E-state index is 13.7. The van der Waals surface area contributed by atoms with Crippen LogP contribution in [0.3, 0.4) is 0 Å². The van der Waals surface area contributed by atoms with Crippen molar-refractivity contribution in [3.05, 3.63) is 83.6 Å². The molecule has 7 nitrogen and oxygen atoms in total. The van der Waals surface area contributed by atoms with Crippen molar-refractivity contribution in [2.45, 2.75) is 6.92 Å². The predicted octanol–water partition coefficient (Wildman–Crippen LogP) is 4.42. The van der Waals surface area contributed by atoms with E-state index in [1.165, 1.54) is 19.1 Å². The van der Waals surface area contributed by atoms with Gasteiger partial charge in [-0.25, -0.2) is 4.90 Å². The highest BCUT2D eigenvalue weighted by atomic mass is 16.5. The van der Waals surface area contributed by atoms with E-state index in [1.807, 2.05) is 25.1 Å². The third kappa shape index (κ3) is 3.89. The zero-order valence-corrected chi connectivity index (χ0v) is 18.8. The monoisotopic (exact) mass is 444 g/mol. The molecule has 0 aliphatic carbocycles. The van der Waals surface area contributed by atoms with Gasteiger partial charge in [0.15, 0.2) is 11.5 Å². The Kier molecular flexibility index (Phi) is 6.04. The maximum Gasteiger partial charge on any atom is 0.282 e. The van der Waals surface area contributed by atoms with Gasteiger partial charge in [0.1, 0.15) is 11.4 Å². The summed E-state index contributed by atoms with van der Waals surface area (Å²) in [5.41, 5.74) is 2.82. The number of hydrogen-bond donors (Lipinski definition) is 1. The van der Waals surface area contributed by atoms with Crippen LogP contribution in [0.1, 0.15) is 11.1 Å². The number of amides is 2. The number of para-hydroxylation sites is 2. The minimum absolute atomic E-state index is 0.153. The number of methoxy groups -OCH3 is 3. The van der Waals surface area contributed by atoms with E-state index >= 15 is 0 Å². The molecule has 1 aliphatic rings. The van der Waals surface area contributed by atoms with Gasteiger partial charge in [-0.2, -0.15) is 0 Å². The number of ether oxygens (including phenoxy) is 3. The fourth-order valence-electron chi connectivity index (χ4n) is 3.84. The van der Waals surface area contributed by atoms with Gasteiger partial charge >= 0.3 is 0 Å². The number of hydrogen-bond acceptors (Lipinski definition) is 6. The summed E-state index contributed by atoms with van der Waals surface area (Å²) in [4.78, 5) is 28.5. The fraction of sp³-hybridized carbons (Fsp3) is 0.154. The molecule has 0 aromatic heterocycles. The van der Waals surface area contributed by atoms with E-state index in [4.69, 9.17) is 14.2 Å². The van der Waals surface area contributed by atoms with Crippen LogP contribution >= 0.6 is 0 Å². The van der Waals surface area contributed by atoms with Gasteiger partial charge in [-0.1, -0.05) is 36.4 Å². The summed E-state index contributed by atoms with van der Waals surface area (Å²) in [6, 6.07) is 19.6. The Hall–Kier alpha value is -4.26. The quantitative estimate of drug-likeness (QED) is 0.544. The van der Waals surface area contributed by atoms with E-state index in [2.05, 4.69) is 5.32 Å². The molecule has 0 radical (unpaired) electrons. The number of carbonyl (C=O) groups excluding carboxylic acids is 2. The summed E-state index contributed by atoms with van der Waals surface area (Å²) in [5.74, 6) is 0.658. The molecule has 0 saturated heterocycles. The van der Waals surface area contributed by atoms with Crippen molar-refractivity contribution in [3.8, 4) is 17.2 Å². The average molecular weight is 444 g/mol. The Labute approximate surface area is 192 Å². The molecule has 1 heterocycles. The Morgan fingerprint density at radius 2 is 1.39 bits per heavy atom. The Bertz CT molecular complexity index is 1270. The molecule has 2 amide bonds. The number of anilines is 2. The predicted molar refractivity (Wildman–Crippen MR) is 127 cm³/mol. The molecule has 3 aromatic carbocycles. The molecule has 7 heteroatoms. The van der Waals surface area contributed by atoms with E-state index in [9.17, 15) is 9.59 Å². The fourth-order valence-corrected chi connectivity index (χ4v) is 3.84. The molecule has 1 N–H and O–H groups in total. The first-order valence-corrected chi connectivity index (χ1v) is 10.3. The topological polar surface area (TPSA) is 77.1 Å². The maximum absolute atomic E-state index is 13.7. The molecule has 1 aliphatic heterocycles. The van der Waals surface area contributed by atoms with Crippen molar-refractivity contribution >= 4 is 28.8 Å². The van der Waals surface area contributed by atoms with E-state index < -0.39 is 11.8 Å². The third-order valence-electron chi connectivity index (χ3n) is 5.47. The van der Waals surface area contributed by atoms with E-state index in [0.29, 0.717) is 34.2 Å². The minimum Gasteiger partial charge on any atom is -0.496 e. The lowest BCUT2D eigenvalue weighted by molar-refractivity contribution is -0.120. The lowest BCUT2D eigenvalue weighted by Gasteiger charge is -2.18. The molecule has 168 valence electrons. The number of rotatable bonds is 7. The second-order valence-corrected chi connectivity index (χ2v) is 7.38. The van der Waals surface area contributed by atoms with Crippen molar-refractivity contribution in [2.24, 2.45) is 0 Å². The molecule has 0 saturated carbocycles. The van der Waals surface area contributed by atoms with Crippen LogP contribution in [0.2, 0.25) is 0 Å². The van der Waals surface area contributed by atoms with Crippen molar-refractivity contribution in [3.63, 3.8) is 0 Å². The SMILES string of the molecule is COc1ccc(NC2=C(c3ccccc3OC)C(=O)N(c3ccccc3C)C2=O)cc1OC. The molecule has 0 unspecified atom stereocenters. The molecular weight excluding hydrogens is 420 g/mol. The highest BCUT2D eigenvalue weighted by Crippen LogP contribution is 2.39. The van der Waals surface area contributed by atoms with Crippen LogP contribution in [-0.4, -0.2) is 33.1 Å². The zero-order valence-electron chi connectivity index (χ0n) is 18.8. The molecular formula is C26H24N2O5. The molecule has 0 fully saturated rings. The molecule has 33 heavy (non-hydrogen) atoms. The first-order valence-electron chi connectivity index (χ1n) is 10.3. The zero-order chi connectivity index (χ0) is 23.5. The van der Waals surface area contributed by atoms with Gasteiger partial charge in [-0.3, -0.25) is 9.59 Å². The summed E-state index contributed by atoms with van der Waals surface area (Å²) in [7, 11) is 4.61. The molecule has 3 aromatic rings. The smallest absolute Gasteiger partial charge is 0.282 e. The molecule has 0 atom stereocenters. The van der Waals surface area contributed by atoms with E-state index in [-0.39, 0.29) is 11.3 Å². The Balaban J connectivity index is 1.87. The Morgan fingerprint density at radius 1 is 0.727 bits per heavy atom. The van der Waals surface area contributed by atoms with Gasteiger partial charge in [0.2, 0.25) is 0 Å². The van der Waals surface area contributed by atoms with Gasteiger partial charge < -0.3 is 19.5 Å². The van der Waals surface area contributed by atoms with Crippen LogP contribution in [0.4, 0.5) is 11.4 Å².